The highest BCUT2D eigenvalue weighted by Crippen LogP contribution is 1.99. The average molecular weight is 189 g/mol. The molecule has 0 aromatic heterocycles. The summed E-state index contributed by atoms with van der Waals surface area (Å²) in [5, 5.41) is 23.2. The van der Waals surface area contributed by atoms with Gasteiger partial charge in [-0.05, 0) is 5.92 Å². The number of hydrogen-bond donors (Lipinski definition) is 4. The van der Waals surface area contributed by atoms with E-state index >= 15 is 0 Å². The predicted octanol–water partition coefficient (Wildman–Crippen LogP) is -0.271. The van der Waals surface area contributed by atoms with E-state index < -0.39 is 0 Å². The summed E-state index contributed by atoms with van der Waals surface area (Å²) in [6.45, 7) is 4.77. The molecule has 0 aromatic rings. The first-order valence-electron chi connectivity index (χ1n) is 4.42. The number of rotatable bonds is 6. The fraction of sp³-hybridized carbons (Fsp3) is 0.875. The number of aliphatic hydroxyl groups excluding tert-OH is 1. The Hall–Kier alpha value is -0.810. The molecular weight excluding hydrogens is 170 g/mol. The highest BCUT2D eigenvalue weighted by atomic mass is 16.4. The van der Waals surface area contributed by atoms with Crippen molar-refractivity contribution < 1.29 is 10.3 Å². The van der Waals surface area contributed by atoms with Crippen LogP contribution in [-0.2, 0) is 0 Å². The second kappa shape index (κ2) is 6.68. The highest BCUT2D eigenvalue weighted by molar-refractivity contribution is 5.79. The molecule has 78 valence electrons. The van der Waals surface area contributed by atoms with Gasteiger partial charge in [-0.25, -0.2) is 0 Å². The molecule has 13 heavy (non-hydrogen) atoms. The van der Waals surface area contributed by atoms with E-state index in [9.17, 15) is 0 Å². The molecule has 0 spiro atoms. The lowest BCUT2D eigenvalue weighted by molar-refractivity contribution is 0.212. The number of nitrogens with zero attached hydrogens (tertiary/aromatic N) is 1. The lowest BCUT2D eigenvalue weighted by atomic mass is 10.1. The Kier molecular flexibility index (Phi) is 6.26. The lowest BCUT2D eigenvalue weighted by Gasteiger charge is -2.19. The zero-order chi connectivity index (χ0) is 10.3. The van der Waals surface area contributed by atoms with E-state index in [2.05, 4.69) is 10.5 Å². The highest BCUT2D eigenvalue weighted by Gasteiger charge is 2.10. The SMILES string of the molecule is CC(C)[C@@H](CO)NCCC(N)=NO. The fourth-order valence-corrected chi connectivity index (χ4v) is 0.947. The normalized spacial score (nSPS) is 14.9. The summed E-state index contributed by atoms with van der Waals surface area (Å²) in [5.74, 6) is 0.574. The lowest BCUT2D eigenvalue weighted by Crippen LogP contribution is -2.38. The van der Waals surface area contributed by atoms with Crippen LogP contribution in [0.3, 0.4) is 0 Å². The van der Waals surface area contributed by atoms with E-state index in [0.717, 1.165) is 0 Å². The molecule has 0 aliphatic rings. The molecule has 0 aliphatic carbocycles. The monoisotopic (exact) mass is 189 g/mol. The summed E-state index contributed by atoms with van der Waals surface area (Å²) in [7, 11) is 0. The van der Waals surface area contributed by atoms with Crippen LogP contribution < -0.4 is 11.1 Å². The first-order valence-corrected chi connectivity index (χ1v) is 4.42. The number of amidine groups is 1. The van der Waals surface area contributed by atoms with Gasteiger partial charge in [0.05, 0.1) is 6.61 Å². The van der Waals surface area contributed by atoms with Gasteiger partial charge >= 0.3 is 0 Å². The number of hydrogen-bond acceptors (Lipinski definition) is 4. The van der Waals surface area contributed by atoms with Crippen LogP contribution in [-0.4, -0.2) is 35.3 Å². The van der Waals surface area contributed by atoms with Gasteiger partial charge in [0.15, 0.2) is 0 Å². The van der Waals surface area contributed by atoms with Crippen molar-refractivity contribution in [3.63, 3.8) is 0 Å². The topological polar surface area (TPSA) is 90.9 Å². The van der Waals surface area contributed by atoms with Crippen molar-refractivity contribution in [2.45, 2.75) is 26.3 Å². The molecule has 5 nitrogen and oxygen atoms in total. The summed E-state index contributed by atoms with van der Waals surface area (Å²) in [5.41, 5.74) is 5.27. The van der Waals surface area contributed by atoms with Crippen molar-refractivity contribution in [2.24, 2.45) is 16.8 Å². The molecule has 0 fully saturated rings. The molecule has 0 heterocycles. The van der Waals surface area contributed by atoms with Crippen molar-refractivity contribution in [3.8, 4) is 0 Å². The summed E-state index contributed by atoms with van der Waals surface area (Å²) >= 11 is 0. The first-order chi connectivity index (χ1) is 6.11. The maximum atomic E-state index is 8.95. The van der Waals surface area contributed by atoms with Crippen LogP contribution >= 0.6 is 0 Å². The van der Waals surface area contributed by atoms with Gasteiger partial charge in [-0.1, -0.05) is 19.0 Å². The minimum atomic E-state index is 0.0755. The number of oxime groups is 1. The molecule has 0 aromatic carbocycles. The van der Waals surface area contributed by atoms with Crippen molar-refractivity contribution in [1.29, 1.82) is 0 Å². The second-order valence-corrected chi connectivity index (χ2v) is 3.33. The van der Waals surface area contributed by atoms with Gasteiger partial charge in [0.1, 0.15) is 5.84 Å². The Bertz CT molecular complexity index is 159. The van der Waals surface area contributed by atoms with Gasteiger partial charge in [0.25, 0.3) is 0 Å². The third-order valence-corrected chi connectivity index (χ3v) is 1.92. The Labute approximate surface area is 78.6 Å². The largest absolute Gasteiger partial charge is 0.409 e. The van der Waals surface area contributed by atoms with Gasteiger partial charge in [-0.3, -0.25) is 0 Å². The van der Waals surface area contributed by atoms with Gasteiger partial charge in [0, 0.05) is 19.0 Å². The van der Waals surface area contributed by atoms with Crippen molar-refractivity contribution >= 4 is 5.84 Å². The number of nitrogens with two attached hydrogens (primary N) is 1. The Morgan fingerprint density at radius 3 is 2.54 bits per heavy atom. The van der Waals surface area contributed by atoms with Gasteiger partial charge < -0.3 is 21.4 Å². The maximum Gasteiger partial charge on any atom is 0.140 e. The molecule has 0 radical (unpaired) electrons. The van der Waals surface area contributed by atoms with Crippen molar-refractivity contribution in [2.75, 3.05) is 13.2 Å². The van der Waals surface area contributed by atoms with Crippen LogP contribution in [0.2, 0.25) is 0 Å². The molecule has 5 N–H and O–H groups in total. The molecule has 0 bridgehead atoms. The molecule has 1 atom stereocenters. The van der Waals surface area contributed by atoms with E-state index in [1.807, 2.05) is 13.8 Å². The molecular formula is C8H19N3O2. The zero-order valence-electron chi connectivity index (χ0n) is 8.20. The Morgan fingerprint density at radius 1 is 1.54 bits per heavy atom. The number of aliphatic hydroxyl groups is 1. The maximum absolute atomic E-state index is 8.95. The van der Waals surface area contributed by atoms with Gasteiger partial charge in [-0.2, -0.15) is 0 Å². The van der Waals surface area contributed by atoms with Crippen LogP contribution in [0.25, 0.3) is 0 Å². The van der Waals surface area contributed by atoms with Crippen LogP contribution in [0, 0.1) is 5.92 Å². The molecule has 0 saturated heterocycles. The minimum absolute atomic E-state index is 0.0755. The molecule has 0 aliphatic heterocycles. The quantitative estimate of drug-likeness (QED) is 0.200. The van der Waals surface area contributed by atoms with E-state index in [0.29, 0.717) is 18.9 Å². The smallest absolute Gasteiger partial charge is 0.140 e. The van der Waals surface area contributed by atoms with Crippen LogP contribution in [0.5, 0.6) is 0 Å². The summed E-state index contributed by atoms with van der Waals surface area (Å²) in [6.07, 6.45) is 0.486. The Morgan fingerprint density at radius 2 is 2.15 bits per heavy atom. The summed E-state index contributed by atoms with van der Waals surface area (Å²) < 4.78 is 0. The van der Waals surface area contributed by atoms with E-state index in [1.165, 1.54) is 0 Å². The van der Waals surface area contributed by atoms with E-state index in [4.69, 9.17) is 16.0 Å². The summed E-state index contributed by atoms with van der Waals surface area (Å²) in [4.78, 5) is 0. The van der Waals surface area contributed by atoms with Crippen LogP contribution in [0.1, 0.15) is 20.3 Å². The minimum Gasteiger partial charge on any atom is -0.409 e. The zero-order valence-corrected chi connectivity index (χ0v) is 8.20. The van der Waals surface area contributed by atoms with Crippen LogP contribution in [0.4, 0.5) is 0 Å². The van der Waals surface area contributed by atoms with Gasteiger partial charge in [0.2, 0.25) is 0 Å². The van der Waals surface area contributed by atoms with Crippen molar-refractivity contribution in [3.05, 3.63) is 0 Å². The summed E-state index contributed by atoms with van der Waals surface area (Å²) in [6, 6.07) is 0.0755. The molecule has 0 saturated carbocycles. The predicted molar refractivity (Wildman–Crippen MR) is 51.7 cm³/mol. The number of nitrogens with one attached hydrogen (secondary N) is 1. The van der Waals surface area contributed by atoms with Crippen LogP contribution in [0.15, 0.2) is 5.16 Å². The first kappa shape index (κ1) is 12.2. The molecule has 0 rings (SSSR count). The third-order valence-electron chi connectivity index (χ3n) is 1.92. The van der Waals surface area contributed by atoms with E-state index in [-0.39, 0.29) is 18.5 Å². The molecule has 0 amide bonds. The third kappa shape index (κ3) is 5.43. The second-order valence-electron chi connectivity index (χ2n) is 3.33. The average Bonchev–Trinajstić information content (AvgIpc) is 2.11. The van der Waals surface area contributed by atoms with Crippen molar-refractivity contribution in [1.82, 2.24) is 5.32 Å². The molecule has 0 unspecified atom stereocenters. The van der Waals surface area contributed by atoms with Gasteiger partial charge in [-0.15, -0.1) is 0 Å². The van der Waals surface area contributed by atoms with E-state index in [1.54, 1.807) is 0 Å². The standard InChI is InChI=1S/C8H19N3O2/c1-6(2)7(5-12)10-4-3-8(9)11-13/h6-7,10,12-13H,3-5H2,1-2H3,(H2,9,11)/t7-/m1/s1. The molecule has 5 heteroatoms. The fourth-order valence-electron chi connectivity index (χ4n) is 0.947. The Balaban J connectivity index is 3.61.